The summed E-state index contributed by atoms with van der Waals surface area (Å²) in [6.07, 6.45) is 6.59. The van der Waals surface area contributed by atoms with Crippen molar-refractivity contribution in [3.05, 3.63) is 0 Å². The molecule has 5 nitrogen and oxygen atoms in total. The van der Waals surface area contributed by atoms with Crippen molar-refractivity contribution >= 4 is 11.8 Å². The second kappa shape index (κ2) is 6.34. The van der Waals surface area contributed by atoms with E-state index in [-0.39, 0.29) is 30.4 Å². The van der Waals surface area contributed by atoms with Crippen molar-refractivity contribution < 1.29 is 14.7 Å². The van der Waals surface area contributed by atoms with Crippen molar-refractivity contribution in [2.24, 2.45) is 11.8 Å². The zero-order chi connectivity index (χ0) is 14.8. The molecule has 118 valence electrons. The highest BCUT2D eigenvalue weighted by atomic mass is 16.3. The Kier molecular flexibility index (Phi) is 4.48. The van der Waals surface area contributed by atoms with Gasteiger partial charge in [-0.3, -0.25) is 9.59 Å². The Morgan fingerprint density at radius 3 is 2.81 bits per heavy atom. The molecule has 0 aromatic heterocycles. The summed E-state index contributed by atoms with van der Waals surface area (Å²) in [7, 11) is 0. The van der Waals surface area contributed by atoms with E-state index >= 15 is 0 Å². The van der Waals surface area contributed by atoms with Gasteiger partial charge in [0, 0.05) is 38.7 Å². The van der Waals surface area contributed by atoms with Crippen LogP contribution in [-0.4, -0.2) is 59.0 Å². The summed E-state index contributed by atoms with van der Waals surface area (Å²) in [6, 6.07) is 0.275. The molecule has 0 bridgehead atoms. The highest BCUT2D eigenvalue weighted by Crippen LogP contribution is 2.33. The van der Waals surface area contributed by atoms with Gasteiger partial charge in [0.2, 0.25) is 11.8 Å². The second-order valence-corrected chi connectivity index (χ2v) is 6.84. The predicted molar refractivity (Wildman–Crippen MR) is 78.5 cm³/mol. The van der Waals surface area contributed by atoms with Crippen LogP contribution in [0.3, 0.4) is 0 Å². The van der Waals surface area contributed by atoms with Crippen molar-refractivity contribution in [1.82, 2.24) is 9.80 Å². The van der Waals surface area contributed by atoms with Crippen molar-refractivity contribution in [2.45, 2.75) is 51.0 Å². The predicted octanol–water partition coefficient (Wildman–Crippen LogP) is 1.01. The number of aliphatic hydroxyl groups is 1. The molecule has 3 fully saturated rings. The number of carbonyl (C=O) groups is 2. The summed E-state index contributed by atoms with van der Waals surface area (Å²) in [4.78, 5) is 28.6. The summed E-state index contributed by atoms with van der Waals surface area (Å²) >= 11 is 0. The monoisotopic (exact) mass is 294 g/mol. The molecule has 1 N–H and O–H groups in total. The van der Waals surface area contributed by atoms with Gasteiger partial charge in [0.05, 0.1) is 5.92 Å². The Hall–Kier alpha value is -1.10. The minimum absolute atomic E-state index is 0.133. The van der Waals surface area contributed by atoms with Crippen LogP contribution in [0.2, 0.25) is 0 Å². The van der Waals surface area contributed by atoms with E-state index in [2.05, 4.69) is 0 Å². The summed E-state index contributed by atoms with van der Waals surface area (Å²) in [6.45, 7) is 2.49. The first kappa shape index (κ1) is 14.8. The van der Waals surface area contributed by atoms with Crippen LogP contribution in [0.1, 0.15) is 44.9 Å². The molecule has 2 amide bonds. The molecule has 5 heteroatoms. The number of likely N-dealkylation sites (tertiary alicyclic amines) is 2. The molecule has 0 aromatic rings. The maximum Gasteiger partial charge on any atom is 0.228 e. The smallest absolute Gasteiger partial charge is 0.228 e. The maximum atomic E-state index is 12.7. The van der Waals surface area contributed by atoms with E-state index in [0.29, 0.717) is 18.9 Å². The summed E-state index contributed by atoms with van der Waals surface area (Å²) in [5, 5.41) is 8.97. The fraction of sp³-hybridized carbons (Fsp3) is 0.875. The van der Waals surface area contributed by atoms with E-state index in [1.807, 2.05) is 9.80 Å². The number of aliphatic hydroxyl groups excluding tert-OH is 1. The molecule has 3 rings (SSSR count). The highest BCUT2D eigenvalue weighted by molar-refractivity contribution is 5.89. The van der Waals surface area contributed by atoms with Gasteiger partial charge >= 0.3 is 0 Å². The molecule has 0 aromatic carbocycles. The Balaban J connectivity index is 1.55. The first-order chi connectivity index (χ1) is 10.2. The average molecular weight is 294 g/mol. The van der Waals surface area contributed by atoms with Gasteiger partial charge in [0.15, 0.2) is 0 Å². The highest BCUT2D eigenvalue weighted by Gasteiger charge is 2.40. The van der Waals surface area contributed by atoms with Gasteiger partial charge in [-0.25, -0.2) is 0 Å². The third-order valence-electron chi connectivity index (χ3n) is 5.09. The van der Waals surface area contributed by atoms with Crippen LogP contribution >= 0.6 is 0 Å². The topological polar surface area (TPSA) is 60.9 Å². The number of rotatable bonds is 6. The van der Waals surface area contributed by atoms with Crippen LogP contribution in [0.5, 0.6) is 0 Å². The van der Waals surface area contributed by atoms with Crippen LogP contribution in [0.4, 0.5) is 0 Å². The molecule has 1 saturated carbocycles. The zero-order valence-corrected chi connectivity index (χ0v) is 12.7. The number of amides is 2. The maximum absolute atomic E-state index is 12.7. The normalized spacial score (nSPS) is 29.5. The second-order valence-electron chi connectivity index (χ2n) is 6.84. The Bertz CT molecular complexity index is 408. The van der Waals surface area contributed by atoms with Crippen LogP contribution < -0.4 is 0 Å². The molecule has 0 spiro atoms. The van der Waals surface area contributed by atoms with Gasteiger partial charge in [-0.05, 0) is 44.4 Å². The minimum Gasteiger partial charge on any atom is -0.396 e. The fourth-order valence-electron chi connectivity index (χ4n) is 3.71. The van der Waals surface area contributed by atoms with E-state index < -0.39 is 0 Å². The first-order valence-electron chi connectivity index (χ1n) is 8.38. The largest absolute Gasteiger partial charge is 0.396 e. The molecule has 2 atom stereocenters. The van der Waals surface area contributed by atoms with E-state index in [4.69, 9.17) is 5.11 Å². The lowest BCUT2D eigenvalue weighted by atomic mass is 10.0. The lowest BCUT2D eigenvalue weighted by molar-refractivity contribution is -0.136. The third-order valence-corrected chi connectivity index (χ3v) is 5.09. The number of nitrogens with zero attached hydrogens (tertiary/aromatic N) is 2. The van der Waals surface area contributed by atoms with Gasteiger partial charge < -0.3 is 14.9 Å². The van der Waals surface area contributed by atoms with Gasteiger partial charge in [0.25, 0.3) is 0 Å². The molecule has 2 aliphatic heterocycles. The van der Waals surface area contributed by atoms with E-state index in [1.54, 1.807) is 0 Å². The molecular weight excluding hydrogens is 268 g/mol. The molecule has 2 unspecified atom stereocenters. The van der Waals surface area contributed by atoms with Crippen molar-refractivity contribution in [1.29, 1.82) is 0 Å². The van der Waals surface area contributed by atoms with Gasteiger partial charge in [0.1, 0.15) is 0 Å². The zero-order valence-electron chi connectivity index (χ0n) is 12.7. The third kappa shape index (κ3) is 3.39. The van der Waals surface area contributed by atoms with E-state index in [1.165, 1.54) is 12.8 Å². The number of carbonyl (C=O) groups excluding carboxylic acids is 2. The molecule has 21 heavy (non-hydrogen) atoms. The fourth-order valence-corrected chi connectivity index (χ4v) is 3.71. The molecule has 2 heterocycles. The summed E-state index contributed by atoms with van der Waals surface area (Å²) < 4.78 is 0. The molecule has 3 aliphatic rings. The Morgan fingerprint density at radius 1 is 1.29 bits per heavy atom. The number of hydrogen-bond donors (Lipinski definition) is 1. The SMILES string of the molecule is O=C1CC(C(=O)N2CCCC2CCCO)CN1CC1CC1. The van der Waals surface area contributed by atoms with E-state index in [9.17, 15) is 9.59 Å². The quantitative estimate of drug-likeness (QED) is 0.795. The summed E-state index contributed by atoms with van der Waals surface area (Å²) in [5.41, 5.74) is 0. The van der Waals surface area contributed by atoms with Crippen molar-refractivity contribution in [2.75, 3.05) is 26.2 Å². The lowest BCUT2D eigenvalue weighted by Crippen LogP contribution is -2.40. The van der Waals surface area contributed by atoms with Gasteiger partial charge in [-0.15, -0.1) is 0 Å². The summed E-state index contributed by atoms with van der Waals surface area (Å²) in [5.74, 6) is 0.881. The van der Waals surface area contributed by atoms with Crippen LogP contribution in [0.15, 0.2) is 0 Å². The molecule has 2 saturated heterocycles. The average Bonchev–Trinajstić information content (AvgIpc) is 3.04. The van der Waals surface area contributed by atoms with Crippen molar-refractivity contribution in [3.8, 4) is 0 Å². The molecule has 1 aliphatic carbocycles. The minimum atomic E-state index is -0.133. The van der Waals surface area contributed by atoms with Crippen LogP contribution in [0, 0.1) is 11.8 Å². The molecular formula is C16H26N2O3. The van der Waals surface area contributed by atoms with Crippen molar-refractivity contribution in [3.63, 3.8) is 0 Å². The van der Waals surface area contributed by atoms with Crippen LogP contribution in [0.25, 0.3) is 0 Å². The lowest BCUT2D eigenvalue weighted by Gasteiger charge is -2.27. The van der Waals surface area contributed by atoms with E-state index in [0.717, 1.165) is 38.8 Å². The Morgan fingerprint density at radius 2 is 2.10 bits per heavy atom. The van der Waals surface area contributed by atoms with Crippen LogP contribution in [-0.2, 0) is 9.59 Å². The van der Waals surface area contributed by atoms with Gasteiger partial charge in [-0.1, -0.05) is 0 Å². The number of hydrogen-bond acceptors (Lipinski definition) is 3. The van der Waals surface area contributed by atoms with Gasteiger partial charge in [-0.2, -0.15) is 0 Å². The first-order valence-corrected chi connectivity index (χ1v) is 8.38. The standard InChI is InChI=1S/C16H26N2O3/c19-8-2-4-14-3-1-7-18(14)16(21)13-9-15(20)17(11-13)10-12-5-6-12/h12-14,19H,1-11H2. The Labute approximate surface area is 126 Å². The molecule has 0 radical (unpaired) electrons.